The number of nitrogens with two attached hydrogens (primary N) is 1. The summed E-state index contributed by atoms with van der Waals surface area (Å²) in [6.45, 7) is 7.61. The van der Waals surface area contributed by atoms with E-state index in [9.17, 15) is 0 Å². The lowest BCUT2D eigenvalue weighted by molar-refractivity contribution is 0.227. The molecule has 0 radical (unpaired) electrons. The summed E-state index contributed by atoms with van der Waals surface area (Å²) >= 11 is 0. The van der Waals surface area contributed by atoms with Crippen LogP contribution in [0.25, 0.3) is 0 Å². The van der Waals surface area contributed by atoms with E-state index in [4.69, 9.17) is 10.2 Å². The SMILES string of the molecule is CC(C)CCN1CCc2oc(N)nc2C1. The van der Waals surface area contributed by atoms with Gasteiger partial charge in [-0.3, -0.25) is 4.90 Å². The zero-order chi connectivity index (χ0) is 10.8. The lowest BCUT2D eigenvalue weighted by Gasteiger charge is -2.25. The van der Waals surface area contributed by atoms with E-state index in [1.54, 1.807) is 0 Å². The highest BCUT2D eigenvalue weighted by molar-refractivity contribution is 5.21. The van der Waals surface area contributed by atoms with Crippen LogP contribution in [-0.2, 0) is 13.0 Å². The molecule has 2 rings (SSSR count). The van der Waals surface area contributed by atoms with Crippen molar-refractivity contribution in [3.05, 3.63) is 11.5 Å². The number of fused-ring (bicyclic) bond motifs is 1. The molecule has 0 bridgehead atoms. The number of nitrogen functional groups attached to an aromatic ring is 1. The van der Waals surface area contributed by atoms with E-state index in [1.165, 1.54) is 6.42 Å². The molecule has 1 aliphatic rings. The minimum atomic E-state index is 0.311. The molecule has 15 heavy (non-hydrogen) atoms. The maximum absolute atomic E-state index is 5.53. The second-order valence-corrected chi connectivity index (χ2v) is 4.63. The van der Waals surface area contributed by atoms with Gasteiger partial charge in [0.2, 0.25) is 0 Å². The van der Waals surface area contributed by atoms with Gasteiger partial charge in [0.15, 0.2) is 0 Å². The first kappa shape index (κ1) is 10.5. The van der Waals surface area contributed by atoms with Crippen molar-refractivity contribution in [1.82, 2.24) is 9.88 Å². The maximum atomic E-state index is 5.53. The van der Waals surface area contributed by atoms with Crippen molar-refractivity contribution in [2.45, 2.75) is 33.2 Å². The largest absolute Gasteiger partial charge is 0.429 e. The zero-order valence-corrected chi connectivity index (χ0v) is 9.49. The molecule has 0 saturated heterocycles. The molecule has 0 fully saturated rings. The molecule has 1 aliphatic heterocycles. The van der Waals surface area contributed by atoms with E-state index < -0.39 is 0 Å². The molecule has 0 amide bonds. The molecular formula is C11H19N3O. The lowest BCUT2D eigenvalue weighted by Crippen LogP contribution is -2.31. The Balaban J connectivity index is 1.93. The predicted octanol–water partition coefficient (Wildman–Crippen LogP) is 1.66. The van der Waals surface area contributed by atoms with Crippen molar-refractivity contribution in [2.24, 2.45) is 5.92 Å². The predicted molar refractivity (Wildman–Crippen MR) is 59.4 cm³/mol. The van der Waals surface area contributed by atoms with Gasteiger partial charge < -0.3 is 10.2 Å². The van der Waals surface area contributed by atoms with Crippen molar-refractivity contribution in [2.75, 3.05) is 18.8 Å². The molecule has 4 nitrogen and oxygen atoms in total. The van der Waals surface area contributed by atoms with Crippen molar-refractivity contribution < 1.29 is 4.42 Å². The highest BCUT2D eigenvalue weighted by Crippen LogP contribution is 2.21. The minimum absolute atomic E-state index is 0.311. The number of hydrogen-bond acceptors (Lipinski definition) is 4. The molecule has 1 aromatic heterocycles. The molecule has 2 heterocycles. The Morgan fingerprint density at radius 2 is 2.33 bits per heavy atom. The van der Waals surface area contributed by atoms with Crippen LogP contribution in [0.5, 0.6) is 0 Å². The quantitative estimate of drug-likeness (QED) is 0.822. The summed E-state index contributed by atoms with van der Waals surface area (Å²) in [6, 6.07) is 0.311. The van der Waals surface area contributed by atoms with Crippen molar-refractivity contribution in [3.63, 3.8) is 0 Å². The average Bonchev–Trinajstić information content (AvgIpc) is 2.53. The third-order valence-electron chi connectivity index (χ3n) is 2.85. The van der Waals surface area contributed by atoms with Crippen LogP contribution in [0.4, 0.5) is 6.01 Å². The van der Waals surface area contributed by atoms with Crippen molar-refractivity contribution >= 4 is 6.01 Å². The van der Waals surface area contributed by atoms with E-state index in [0.29, 0.717) is 6.01 Å². The topological polar surface area (TPSA) is 55.3 Å². The van der Waals surface area contributed by atoms with Crippen LogP contribution in [0.1, 0.15) is 31.7 Å². The van der Waals surface area contributed by atoms with Crippen LogP contribution in [0, 0.1) is 5.92 Å². The molecular weight excluding hydrogens is 190 g/mol. The van der Waals surface area contributed by atoms with Gasteiger partial charge >= 0.3 is 0 Å². The van der Waals surface area contributed by atoms with Crippen LogP contribution in [0.3, 0.4) is 0 Å². The first-order chi connectivity index (χ1) is 7.15. The second-order valence-electron chi connectivity index (χ2n) is 4.63. The number of oxazole rings is 1. The Hall–Kier alpha value is -1.03. The summed E-state index contributed by atoms with van der Waals surface area (Å²) in [5.74, 6) is 1.74. The normalized spacial score (nSPS) is 17.0. The summed E-state index contributed by atoms with van der Waals surface area (Å²) in [5.41, 5.74) is 6.56. The first-order valence-electron chi connectivity index (χ1n) is 5.61. The monoisotopic (exact) mass is 209 g/mol. The average molecular weight is 209 g/mol. The van der Waals surface area contributed by atoms with Gasteiger partial charge in [0.25, 0.3) is 6.01 Å². The molecule has 2 N–H and O–H groups in total. The third kappa shape index (κ3) is 2.50. The zero-order valence-electron chi connectivity index (χ0n) is 9.49. The lowest BCUT2D eigenvalue weighted by atomic mass is 10.1. The first-order valence-corrected chi connectivity index (χ1v) is 5.61. The van der Waals surface area contributed by atoms with Gasteiger partial charge in [-0.15, -0.1) is 0 Å². The molecule has 1 aromatic rings. The van der Waals surface area contributed by atoms with E-state index in [2.05, 4.69) is 23.7 Å². The van der Waals surface area contributed by atoms with Crippen LogP contribution in [0.2, 0.25) is 0 Å². The Kier molecular flexibility index (Phi) is 2.95. The Labute approximate surface area is 90.5 Å². The Morgan fingerprint density at radius 1 is 1.53 bits per heavy atom. The highest BCUT2D eigenvalue weighted by Gasteiger charge is 2.21. The second kappa shape index (κ2) is 4.23. The van der Waals surface area contributed by atoms with E-state index in [-0.39, 0.29) is 0 Å². The van der Waals surface area contributed by atoms with Crippen LogP contribution < -0.4 is 5.73 Å². The third-order valence-corrected chi connectivity index (χ3v) is 2.85. The number of nitrogens with zero attached hydrogens (tertiary/aromatic N) is 2. The van der Waals surface area contributed by atoms with Crippen LogP contribution in [-0.4, -0.2) is 23.0 Å². The van der Waals surface area contributed by atoms with E-state index in [1.807, 2.05) is 0 Å². The number of rotatable bonds is 3. The molecule has 0 atom stereocenters. The number of anilines is 1. The summed E-state index contributed by atoms with van der Waals surface area (Å²) in [6.07, 6.45) is 2.18. The van der Waals surface area contributed by atoms with E-state index in [0.717, 1.165) is 43.4 Å². The fourth-order valence-corrected chi connectivity index (χ4v) is 1.90. The molecule has 84 valence electrons. The van der Waals surface area contributed by atoms with Gasteiger partial charge in [-0.2, -0.15) is 4.98 Å². The minimum Gasteiger partial charge on any atom is -0.429 e. The van der Waals surface area contributed by atoms with Gasteiger partial charge in [0.05, 0.1) is 5.69 Å². The van der Waals surface area contributed by atoms with Crippen LogP contribution >= 0.6 is 0 Å². The summed E-state index contributed by atoms with van der Waals surface area (Å²) in [4.78, 5) is 6.62. The Bertz CT molecular complexity index is 333. The van der Waals surface area contributed by atoms with Crippen molar-refractivity contribution in [3.8, 4) is 0 Å². The number of aromatic nitrogens is 1. The van der Waals surface area contributed by atoms with Gasteiger partial charge in [-0.1, -0.05) is 13.8 Å². The molecule has 0 aliphatic carbocycles. The standard InChI is InChI=1S/C11H19N3O/c1-8(2)3-5-14-6-4-10-9(7-14)13-11(12)15-10/h8H,3-7H2,1-2H3,(H2,12,13). The Morgan fingerprint density at radius 3 is 3.07 bits per heavy atom. The van der Waals surface area contributed by atoms with Crippen LogP contribution in [0.15, 0.2) is 4.42 Å². The van der Waals surface area contributed by atoms with Gasteiger partial charge in [-0.25, -0.2) is 0 Å². The van der Waals surface area contributed by atoms with Crippen molar-refractivity contribution in [1.29, 1.82) is 0 Å². The fourth-order valence-electron chi connectivity index (χ4n) is 1.90. The smallest absolute Gasteiger partial charge is 0.292 e. The fraction of sp³-hybridized carbons (Fsp3) is 0.727. The highest BCUT2D eigenvalue weighted by atomic mass is 16.4. The summed E-state index contributed by atoms with van der Waals surface area (Å²) in [7, 11) is 0. The molecule has 4 heteroatoms. The van der Waals surface area contributed by atoms with Gasteiger partial charge in [-0.05, 0) is 18.9 Å². The number of hydrogen-bond donors (Lipinski definition) is 1. The van der Waals surface area contributed by atoms with Gasteiger partial charge in [0, 0.05) is 19.5 Å². The summed E-state index contributed by atoms with van der Waals surface area (Å²) < 4.78 is 5.32. The van der Waals surface area contributed by atoms with E-state index >= 15 is 0 Å². The molecule has 0 unspecified atom stereocenters. The summed E-state index contributed by atoms with van der Waals surface area (Å²) in [5, 5.41) is 0. The molecule has 0 saturated carbocycles. The van der Waals surface area contributed by atoms with Gasteiger partial charge in [0.1, 0.15) is 5.76 Å². The molecule has 0 aromatic carbocycles. The molecule has 0 spiro atoms. The maximum Gasteiger partial charge on any atom is 0.292 e.